The summed E-state index contributed by atoms with van der Waals surface area (Å²) in [4.78, 5) is 24.1. The summed E-state index contributed by atoms with van der Waals surface area (Å²) in [7, 11) is 0. The number of amides is 1. The molecular formula is C15H19N3O3. The monoisotopic (exact) mass is 289 g/mol. The summed E-state index contributed by atoms with van der Waals surface area (Å²) in [6, 6.07) is 4.71. The highest BCUT2D eigenvalue weighted by atomic mass is 16.6. The Labute approximate surface area is 123 Å². The van der Waals surface area contributed by atoms with Crippen molar-refractivity contribution in [3.8, 4) is 0 Å². The van der Waals surface area contributed by atoms with Crippen molar-refractivity contribution < 1.29 is 14.3 Å². The van der Waals surface area contributed by atoms with E-state index in [1.807, 2.05) is 12.1 Å². The van der Waals surface area contributed by atoms with Crippen LogP contribution in [0.4, 0.5) is 0 Å². The van der Waals surface area contributed by atoms with Crippen LogP contribution < -0.4 is 5.32 Å². The third-order valence-corrected chi connectivity index (χ3v) is 2.78. The topological polar surface area (TPSA) is 72.7 Å². The van der Waals surface area contributed by atoms with Gasteiger partial charge in [0.15, 0.2) is 0 Å². The molecule has 0 aliphatic carbocycles. The largest absolute Gasteiger partial charge is 0.458 e. The summed E-state index contributed by atoms with van der Waals surface area (Å²) < 4.78 is 6.83. The molecule has 0 spiro atoms. The fraction of sp³-hybridized carbons (Fsp3) is 0.400. The van der Waals surface area contributed by atoms with Crippen molar-refractivity contribution in [3.05, 3.63) is 36.2 Å². The number of hydrogen-bond donors (Lipinski definition) is 1. The number of hydrogen-bond acceptors (Lipinski definition) is 4. The van der Waals surface area contributed by atoms with Crippen LogP contribution in [0.5, 0.6) is 0 Å². The van der Waals surface area contributed by atoms with Crippen LogP contribution in [-0.4, -0.2) is 33.1 Å². The van der Waals surface area contributed by atoms with Crippen molar-refractivity contribution >= 4 is 17.4 Å². The molecule has 0 aliphatic heterocycles. The Hall–Kier alpha value is -2.37. The number of esters is 1. The number of aromatic nitrogens is 2. The molecule has 6 heteroatoms. The van der Waals surface area contributed by atoms with Crippen LogP contribution in [0.1, 0.15) is 38.1 Å². The van der Waals surface area contributed by atoms with Crippen molar-refractivity contribution in [3.63, 3.8) is 0 Å². The first kappa shape index (κ1) is 15.0. The number of fused-ring (bicyclic) bond motifs is 1. The van der Waals surface area contributed by atoms with E-state index in [0.717, 1.165) is 0 Å². The highest BCUT2D eigenvalue weighted by Gasteiger charge is 2.24. The van der Waals surface area contributed by atoms with Crippen molar-refractivity contribution in [1.29, 1.82) is 0 Å². The molecule has 0 aliphatic rings. The van der Waals surface area contributed by atoms with Gasteiger partial charge in [-0.3, -0.25) is 4.79 Å². The quantitative estimate of drug-likeness (QED) is 0.874. The summed E-state index contributed by atoms with van der Waals surface area (Å²) in [6.45, 7) is 6.94. The van der Waals surface area contributed by atoms with Crippen LogP contribution in [0.3, 0.4) is 0 Å². The van der Waals surface area contributed by atoms with Gasteiger partial charge < -0.3 is 10.1 Å². The molecular weight excluding hydrogens is 270 g/mol. The second kappa shape index (κ2) is 5.55. The first-order valence-electron chi connectivity index (χ1n) is 6.74. The van der Waals surface area contributed by atoms with E-state index in [9.17, 15) is 9.59 Å². The van der Waals surface area contributed by atoms with E-state index < -0.39 is 17.6 Å². The molecule has 112 valence electrons. The third-order valence-electron chi connectivity index (χ3n) is 2.78. The lowest BCUT2D eigenvalue weighted by molar-refractivity contribution is -0.156. The minimum atomic E-state index is -0.726. The van der Waals surface area contributed by atoms with E-state index >= 15 is 0 Å². The number of nitrogens with one attached hydrogen (secondary N) is 1. The van der Waals surface area contributed by atoms with Gasteiger partial charge in [-0.05, 0) is 39.8 Å². The number of carbonyl (C=O) groups is 2. The number of pyridine rings is 1. The number of carbonyl (C=O) groups excluding carboxylic acids is 2. The van der Waals surface area contributed by atoms with Crippen molar-refractivity contribution in [2.75, 3.05) is 0 Å². The normalized spacial score (nSPS) is 13.0. The summed E-state index contributed by atoms with van der Waals surface area (Å²) in [6.07, 6.45) is 3.23. The molecule has 0 saturated carbocycles. The Morgan fingerprint density at radius 1 is 1.33 bits per heavy atom. The lowest BCUT2D eigenvalue weighted by atomic mass is 10.2. The average Bonchev–Trinajstić information content (AvgIpc) is 2.80. The van der Waals surface area contributed by atoms with E-state index in [4.69, 9.17) is 4.74 Å². The Morgan fingerprint density at radius 3 is 2.71 bits per heavy atom. The molecule has 0 radical (unpaired) electrons. The van der Waals surface area contributed by atoms with Crippen molar-refractivity contribution in [1.82, 2.24) is 14.9 Å². The number of ether oxygens (including phenoxy) is 1. The Morgan fingerprint density at radius 2 is 2.05 bits per heavy atom. The van der Waals surface area contributed by atoms with E-state index in [1.54, 1.807) is 44.5 Å². The lowest BCUT2D eigenvalue weighted by Gasteiger charge is -2.22. The maximum atomic E-state index is 12.2. The van der Waals surface area contributed by atoms with E-state index in [-0.39, 0.29) is 5.91 Å². The first-order valence-corrected chi connectivity index (χ1v) is 6.74. The smallest absolute Gasteiger partial charge is 0.328 e. The van der Waals surface area contributed by atoms with Crippen LogP contribution in [0.2, 0.25) is 0 Å². The summed E-state index contributed by atoms with van der Waals surface area (Å²) in [5.74, 6) is -0.818. The van der Waals surface area contributed by atoms with Gasteiger partial charge in [-0.1, -0.05) is 6.07 Å². The molecule has 6 nitrogen and oxygen atoms in total. The van der Waals surface area contributed by atoms with Gasteiger partial charge in [-0.2, -0.15) is 5.10 Å². The van der Waals surface area contributed by atoms with Crippen LogP contribution in [0, 0.1) is 0 Å². The van der Waals surface area contributed by atoms with Crippen molar-refractivity contribution in [2.24, 2.45) is 0 Å². The van der Waals surface area contributed by atoms with Crippen molar-refractivity contribution in [2.45, 2.75) is 39.3 Å². The Kier molecular flexibility index (Phi) is 3.97. The molecule has 0 saturated heterocycles. The zero-order chi connectivity index (χ0) is 15.6. The molecule has 21 heavy (non-hydrogen) atoms. The van der Waals surface area contributed by atoms with Gasteiger partial charge in [0.05, 0.1) is 17.3 Å². The average molecular weight is 289 g/mol. The molecule has 0 bridgehead atoms. The highest BCUT2D eigenvalue weighted by molar-refractivity contribution is 6.02. The number of nitrogens with zero attached hydrogens (tertiary/aromatic N) is 2. The van der Waals surface area contributed by atoms with Gasteiger partial charge in [0.1, 0.15) is 11.6 Å². The summed E-state index contributed by atoms with van der Waals surface area (Å²) in [5.41, 5.74) is 0.526. The second-order valence-corrected chi connectivity index (χ2v) is 5.82. The molecule has 2 heterocycles. The predicted molar refractivity (Wildman–Crippen MR) is 78.0 cm³/mol. The van der Waals surface area contributed by atoms with Gasteiger partial charge in [0.25, 0.3) is 5.91 Å². The zero-order valence-corrected chi connectivity index (χ0v) is 12.6. The maximum absolute atomic E-state index is 12.2. The third kappa shape index (κ3) is 3.59. The molecule has 2 rings (SSSR count). The fourth-order valence-electron chi connectivity index (χ4n) is 1.83. The molecule has 2 aromatic rings. The minimum Gasteiger partial charge on any atom is -0.458 e. The van der Waals surface area contributed by atoms with Gasteiger partial charge in [-0.15, -0.1) is 0 Å². The first-order chi connectivity index (χ1) is 9.78. The molecule has 1 atom stereocenters. The van der Waals surface area contributed by atoms with Gasteiger partial charge in [0.2, 0.25) is 0 Å². The second-order valence-electron chi connectivity index (χ2n) is 5.82. The van der Waals surface area contributed by atoms with Crippen LogP contribution in [0.15, 0.2) is 30.6 Å². The van der Waals surface area contributed by atoms with E-state index in [0.29, 0.717) is 11.1 Å². The summed E-state index contributed by atoms with van der Waals surface area (Å²) in [5, 5.41) is 6.72. The maximum Gasteiger partial charge on any atom is 0.328 e. The number of rotatable bonds is 3. The van der Waals surface area contributed by atoms with E-state index in [2.05, 4.69) is 10.4 Å². The van der Waals surface area contributed by atoms with Gasteiger partial charge in [0, 0.05) is 6.20 Å². The predicted octanol–water partition coefficient (Wildman–Crippen LogP) is 1.79. The van der Waals surface area contributed by atoms with Crippen LogP contribution in [0.25, 0.3) is 5.52 Å². The zero-order valence-electron chi connectivity index (χ0n) is 12.6. The molecule has 2 aromatic heterocycles. The minimum absolute atomic E-state index is 0.352. The Balaban J connectivity index is 2.09. The van der Waals surface area contributed by atoms with E-state index in [1.165, 1.54) is 6.20 Å². The standard InChI is InChI=1S/C15H19N3O3/c1-10(14(20)21-15(2,3)4)17-13(19)11-9-16-18-8-6-5-7-12(11)18/h5-10H,1-4H3,(H,17,19)/t10-/m0/s1. The fourth-order valence-corrected chi connectivity index (χ4v) is 1.83. The molecule has 1 amide bonds. The van der Waals surface area contributed by atoms with Gasteiger partial charge >= 0.3 is 5.97 Å². The molecule has 0 aromatic carbocycles. The molecule has 0 fully saturated rings. The van der Waals surface area contributed by atoms with Crippen LogP contribution in [-0.2, 0) is 9.53 Å². The lowest BCUT2D eigenvalue weighted by Crippen LogP contribution is -2.42. The van der Waals surface area contributed by atoms with Crippen LogP contribution >= 0.6 is 0 Å². The molecule has 0 unspecified atom stereocenters. The summed E-state index contributed by atoms with van der Waals surface area (Å²) >= 11 is 0. The highest BCUT2D eigenvalue weighted by Crippen LogP contribution is 2.11. The SMILES string of the molecule is C[C@H](NC(=O)c1cnn2ccccc12)C(=O)OC(C)(C)C. The Bertz CT molecular complexity index is 670. The van der Waals surface area contributed by atoms with Gasteiger partial charge in [-0.25, -0.2) is 9.31 Å². The molecule has 1 N–H and O–H groups in total.